The summed E-state index contributed by atoms with van der Waals surface area (Å²) in [4.78, 5) is 14.3. The highest BCUT2D eigenvalue weighted by Crippen LogP contribution is 2.26. The van der Waals surface area contributed by atoms with Crippen LogP contribution >= 0.6 is 23.4 Å². The van der Waals surface area contributed by atoms with Gasteiger partial charge in [0.1, 0.15) is 0 Å². The largest absolute Gasteiger partial charge is 0.411 e. The summed E-state index contributed by atoms with van der Waals surface area (Å²) in [5.41, 5.74) is 2.68. The zero-order valence-electron chi connectivity index (χ0n) is 14.6. The third-order valence-corrected chi connectivity index (χ3v) is 5.60. The van der Waals surface area contributed by atoms with E-state index in [1.807, 2.05) is 41.3 Å². The Hall–Kier alpha value is -2.31. The van der Waals surface area contributed by atoms with Crippen LogP contribution in [0.25, 0.3) is 11.5 Å². The molecule has 0 N–H and O–H groups in total. The number of nitrogens with zero attached hydrogens (tertiary/aromatic N) is 3. The molecule has 0 unspecified atom stereocenters. The molecule has 4 rings (SSSR count). The molecular formula is C20H18ClN3O2S. The lowest BCUT2D eigenvalue weighted by Gasteiger charge is -2.15. The number of likely N-dealkylation sites (tertiary alicyclic amines) is 1. The average molecular weight is 400 g/mol. The van der Waals surface area contributed by atoms with Crippen LogP contribution in [0.15, 0.2) is 58.2 Å². The summed E-state index contributed by atoms with van der Waals surface area (Å²) in [6.45, 7) is 1.73. The maximum Gasteiger partial charge on any atom is 0.277 e. The van der Waals surface area contributed by atoms with Crippen molar-refractivity contribution in [3.8, 4) is 11.5 Å². The number of benzene rings is 2. The van der Waals surface area contributed by atoms with E-state index in [0.717, 1.165) is 42.6 Å². The predicted molar refractivity (Wildman–Crippen MR) is 106 cm³/mol. The van der Waals surface area contributed by atoms with Gasteiger partial charge in [0, 0.05) is 35.0 Å². The first-order valence-corrected chi connectivity index (χ1v) is 10.2. The second-order valence-corrected chi connectivity index (χ2v) is 7.73. The lowest BCUT2D eigenvalue weighted by molar-refractivity contribution is 0.0793. The summed E-state index contributed by atoms with van der Waals surface area (Å²) in [6.07, 6.45) is 2.20. The number of halogens is 1. The van der Waals surface area contributed by atoms with Gasteiger partial charge in [0.05, 0.1) is 0 Å². The molecule has 1 saturated heterocycles. The number of carbonyl (C=O) groups is 1. The third kappa shape index (κ3) is 4.34. The molecule has 1 aliphatic rings. The minimum Gasteiger partial charge on any atom is -0.411 e. The van der Waals surface area contributed by atoms with E-state index in [9.17, 15) is 4.79 Å². The van der Waals surface area contributed by atoms with Crippen LogP contribution in [-0.4, -0.2) is 34.1 Å². The van der Waals surface area contributed by atoms with E-state index in [2.05, 4.69) is 10.2 Å². The van der Waals surface area contributed by atoms with Crippen molar-refractivity contribution < 1.29 is 9.21 Å². The lowest BCUT2D eigenvalue weighted by Crippen LogP contribution is -2.27. The van der Waals surface area contributed by atoms with Crippen molar-refractivity contribution in [1.29, 1.82) is 0 Å². The Bertz CT molecular complexity index is 919. The maximum absolute atomic E-state index is 12.4. The highest BCUT2D eigenvalue weighted by molar-refractivity contribution is 7.98. The van der Waals surface area contributed by atoms with Crippen molar-refractivity contribution in [1.82, 2.24) is 15.1 Å². The first-order chi connectivity index (χ1) is 13.2. The summed E-state index contributed by atoms with van der Waals surface area (Å²) in [5.74, 6) is 1.29. The van der Waals surface area contributed by atoms with E-state index in [-0.39, 0.29) is 5.91 Å². The monoisotopic (exact) mass is 399 g/mol. The molecule has 1 amide bonds. The van der Waals surface area contributed by atoms with Gasteiger partial charge in [-0.2, -0.15) is 0 Å². The molecule has 2 aromatic carbocycles. The van der Waals surface area contributed by atoms with Crippen LogP contribution in [0.1, 0.15) is 28.8 Å². The molecule has 1 fully saturated rings. The summed E-state index contributed by atoms with van der Waals surface area (Å²) in [7, 11) is 0. The van der Waals surface area contributed by atoms with E-state index >= 15 is 0 Å². The second-order valence-electron chi connectivity index (χ2n) is 6.36. The normalized spacial score (nSPS) is 13.9. The summed E-state index contributed by atoms with van der Waals surface area (Å²) in [5, 5.41) is 9.34. The van der Waals surface area contributed by atoms with Crippen LogP contribution < -0.4 is 0 Å². The van der Waals surface area contributed by atoms with Gasteiger partial charge in [0.25, 0.3) is 11.1 Å². The number of amides is 1. The Morgan fingerprint density at radius 3 is 2.44 bits per heavy atom. The van der Waals surface area contributed by atoms with Gasteiger partial charge < -0.3 is 9.32 Å². The highest BCUT2D eigenvalue weighted by Gasteiger charge is 2.19. The minimum absolute atomic E-state index is 0.121. The van der Waals surface area contributed by atoms with Crippen LogP contribution in [0, 0.1) is 0 Å². The molecule has 3 aromatic rings. The number of aromatic nitrogens is 2. The Kier molecular flexibility index (Phi) is 5.45. The quantitative estimate of drug-likeness (QED) is 0.570. The molecule has 1 aromatic heterocycles. The number of thioether (sulfide) groups is 1. The Morgan fingerprint density at radius 1 is 1.04 bits per heavy atom. The summed E-state index contributed by atoms with van der Waals surface area (Å²) < 4.78 is 5.70. The number of hydrogen-bond donors (Lipinski definition) is 0. The summed E-state index contributed by atoms with van der Waals surface area (Å²) in [6, 6.07) is 15.0. The van der Waals surface area contributed by atoms with Crippen molar-refractivity contribution >= 4 is 29.3 Å². The van der Waals surface area contributed by atoms with Crippen LogP contribution in [0.3, 0.4) is 0 Å². The topological polar surface area (TPSA) is 59.2 Å². The Morgan fingerprint density at radius 2 is 1.74 bits per heavy atom. The van der Waals surface area contributed by atoms with E-state index in [1.54, 1.807) is 12.1 Å². The first kappa shape index (κ1) is 18.1. The number of carbonyl (C=O) groups excluding carboxylic acids is 1. The molecule has 0 saturated carbocycles. The van der Waals surface area contributed by atoms with Gasteiger partial charge in [-0.25, -0.2) is 0 Å². The summed E-state index contributed by atoms with van der Waals surface area (Å²) >= 11 is 7.36. The van der Waals surface area contributed by atoms with Crippen molar-refractivity contribution in [2.45, 2.75) is 23.8 Å². The van der Waals surface area contributed by atoms with Gasteiger partial charge in [0.2, 0.25) is 5.89 Å². The molecule has 5 nitrogen and oxygen atoms in total. The molecular weight excluding hydrogens is 382 g/mol. The zero-order valence-corrected chi connectivity index (χ0v) is 16.2. The molecule has 27 heavy (non-hydrogen) atoms. The van der Waals surface area contributed by atoms with Crippen molar-refractivity contribution in [2.24, 2.45) is 0 Å². The molecule has 1 aliphatic heterocycles. The second kappa shape index (κ2) is 8.15. The Balaban J connectivity index is 1.36. The zero-order chi connectivity index (χ0) is 18.6. The smallest absolute Gasteiger partial charge is 0.277 e. The molecule has 0 spiro atoms. The fourth-order valence-corrected chi connectivity index (χ4v) is 3.81. The van der Waals surface area contributed by atoms with E-state index in [4.69, 9.17) is 16.0 Å². The maximum atomic E-state index is 12.4. The fourth-order valence-electron chi connectivity index (χ4n) is 2.97. The van der Waals surface area contributed by atoms with Crippen LogP contribution in [-0.2, 0) is 5.75 Å². The molecule has 0 radical (unpaired) electrons. The number of hydrogen-bond acceptors (Lipinski definition) is 5. The molecule has 0 atom stereocenters. The predicted octanol–water partition coefficient (Wildman–Crippen LogP) is 4.92. The van der Waals surface area contributed by atoms with Gasteiger partial charge in [-0.3, -0.25) is 4.79 Å². The Labute approximate surface area is 166 Å². The molecule has 0 aliphatic carbocycles. The van der Waals surface area contributed by atoms with Gasteiger partial charge >= 0.3 is 0 Å². The molecule has 0 bridgehead atoms. The SMILES string of the molecule is O=C(c1ccc(CSc2nnc(-c3ccc(Cl)cc3)o2)cc1)N1CCCC1. The first-order valence-electron chi connectivity index (χ1n) is 8.79. The third-order valence-electron chi connectivity index (χ3n) is 4.45. The van der Waals surface area contributed by atoms with Crippen molar-refractivity contribution in [2.75, 3.05) is 13.1 Å². The van der Waals surface area contributed by atoms with Crippen LogP contribution in [0.5, 0.6) is 0 Å². The molecule has 138 valence electrons. The van der Waals surface area contributed by atoms with Gasteiger partial charge in [-0.05, 0) is 54.8 Å². The van der Waals surface area contributed by atoms with E-state index in [0.29, 0.717) is 21.9 Å². The highest BCUT2D eigenvalue weighted by atomic mass is 35.5. The minimum atomic E-state index is 0.121. The fraction of sp³-hybridized carbons (Fsp3) is 0.250. The van der Waals surface area contributed by atoms with Crippen molar-refractivity contribution in [3.63, 3.8) is 0 Å². The molecule has 2 heterocycles. The number of rotatable bonds is 5. The lowest BCUT2D eigenvalue weighted by atomic mass is 10.1. The van der Waals surface area contributed by atoms with E-state index in [1.165, 1.54) is 11.8 Å². The van der Waals surface area contributed by atoms with Gasteiger partial charge in [-0.1, -0.05) is 35.5 Å². The van der Waals surface area contributed by atoms with Crippen LogP contribution in [0.4, 0.5) is 0 Å². The van der Waals surface area contributed by atoms with Gasteiger partial charge in [0.15, 0.2) is 0 Å². The molecule has 7 heteroatoms. The van der Waals surface area contributed by atoms with Crippen molar-refractivity contribution in [3.05, 3.63) is 64.7 Å². The van der Waals surface area contributed by atoms with Crippen LogP contribution in [0.2, 0.25) is 5.02 Å². The standard InChI is InChI=1S/C20H18ClN3O2S/c21-17-9-7-15(8-10-17)18-22-23-20(26-18)27-13-14-3-5-16(6-4-14)19(25)24-11-1-2-12-24/h3-10H,1-2,11-13H2. The van der Waals surface area contributed by atoms with Gasteiger partial charge in [-0.15, -0.1) is 10.2 Å². The average Bonchev–Trinajstić information content (AvgIpc) is 3.39. The van der Waals surface area contributed by atoms with E-state index < -0.39 is 0 Å².